The van der Waals surface area contributed by atoms with E-state index in [2.05, 4.69) is 20.8 Å². The molecular weight excluding hydrogens is 347 g/mol. The number of oxime groups is 1. The summed E-state index contributed by atoms with van der Waals surface area (Å²) in [5.41, 5.74) is 3.52. The Kier molecular flexibility index (Phi) is 4.20. The van der Waals surface area contributed by atoms with Crippen molar-refractivity contribution < 1.29 is 22.8 Å². The van der Waals surface area contributed by atoms with Crippen LogP contribution in [0, 0.1) is 0 Å². The van der Waals surface area contributed by atoms with E-state index in [9.17, 15) is 18.0 Å². The average molecular weight is 357 g/mol. The molecular formula is C13H10F3N5O2S. The molecule has 0 radical (unpaired) electrons. The van der Waals surface area contributed by atoms with Crippen LogP contribution in [0.3, 0.4) is 0 Å². The highest BCUT2D eigenvalue weighted by atomic mass is 32.1. The summed E-state index contributed by atoms with van der Waals surface area (Å²) in [7, 11) is 0. The second-order valence-corrected chi connectivity index (χ2v) is 5.71. The quantitative estimate of drug-likeness (QED) is 0.852. The van der Waals surface area contributed by atoms with Crippen molar-refractivity contribution >= 4 is 28.6 Å². The minimum Gasteiger partial charge on any atom is -0.323 e. The first-order chi connectivity index (χ1) is 11.4. The summed E-state index contributed by atoms with van der Waals surface area (Å²) in [5.74, 6) is -0.464. The lowest BCUT2D eigenvalue weighted by Crippen LogP contribution is -2.36. The van der Waals surface area contributed by atoms with Crippen molar-refractivity contribution in [2.75, 3.05) is 5.01 Å². The zero-order valence-corrected chi connectivity index (χ0v) is 12.9. The van der Waals surface area contributed by atoms with Crippen LogP contribution in [0.15, 0.2) is 35.5 Å². The molecule has 1 N–H and O–H groups in total. The molecule has 1 unspecified atom stereocenters. The number of alkyl halides is 3. The van der Waals surface area contributed by atoms with Crippen LogP contribution in [-0.4, -0.2) is 27.9 Å². The van der Waals surface area contributed by atoms with Crippen LogP contribution in [0.4, 0.5) is 18.9 Å². The normalized spacial score (nSPS) is 20.0. The van der Waals surface area contributed by atoms with Crippen molar-refractivity contribution in [1.29, 1.82) is 0 Å². The number of anilines is 1. The highest BCUT2D eigenvalue weighted by Gasteiger charge is 2.37. The molecule has 1 aliphatic heterocycles. The Morgan fingerprint density at radius 3 is 2.62 bits per heavy atom. The maximum absolute atomic E-state index is 12.5. The average Bonchev–Trinajstić information content (AvgIpc) is 3.12. The van der Waals surface area contributed by atoms with Gasteiger partial charge in [0, 0.05) is 0 Å². The highest BCUT2D eigenvalue weighted by Crippen LogP contribution is 2.34. The molecule has 24 heavy (non-hydrogen) atoms. The molecule has 1 aromatic carbocycles. The lowest BCUT2D eigenvalue weighted by molar-refractivity contribution is -0.138. The molecule has 1 aliphatic rings. The monoisotopic (exact) mass is 357 g/mol. The number of nitrogens with one attached hydrogen (secondary N) is 1. The molecule has 0 bridgehead atoms. The lowest BCUT2D eigenvalue weighted by Gasteiger charge is -2.15. The third-order valence-corrected chi connectivity index (χ3v) is 3.88. The van der Waals surface area contributed by atoms with Gasteiger partial charge in [-0.2, -0.15) is 13.2 Å². The first-order valence-corrected chi connectivity index (χ1v) is 7.49. The zero-order chi connectivity index (χ0) is 17.3. The van der Waals surface area contributed by atoms with Crippen LogP contribution >= 0.6 is 11.3 Å². The number of rotatable bonds is 3. The van der Waals surface area contributed by atoms with E-state index in [1.54, 1.807) is 37.3 Å². The molecule has 0 spiro atoms. The van der Waals surface area contributed by atoms with Gasteiger partial charge in [0.25, 0.3) is 5.91 Å². The zero-order valence-electron chi connectivity index (χ0n) is 12.1. The molecule has 0 saturated carbocycles. The Labute approximate surface area is 137 Å². The first kappa shape index (κ1) is 16.3. The Bertz CT molecular complexity index is 777. The minimum absolute atomic E-state index is 0.0163. The molecule has 11 heteroatoms. The van der Waals surface area contributed by atoms with Gasteiger partial charge in [0.05, 0.1) is 11.7 Å². The van der Waals surface area contributed by atoms with Gasteiger partial charge >= 0.3 is 11.4 Å². The van der Waals surface area contributed by atoms with E-state index in [1.807, 2.05) is 0 Å². The molecule has 1 atom stereocenters. The maximum atomic E-state index is 12.5. The second-order valence-electron chi connectivity index (χ2n) is 4.77. The smallest absolute Gasteiger partial charge is 0.323 e. The number of hydrazine groups is 1. The van der Waals surface area contributed by atoms with Gasteiger partial charge < -0.3 is 4.84 Å². The number of carbonyl (C=O) groups is 1. The number of para-hydroxylation sites is 1. The summed E-state index contributed by atoms with van der Waals surface area (Å²) in [5, 5.41) is 9.59. The molecule has 3 rings (SSSR count). The largest absolute Gasteiger partial charge is 0.445 e. The fourth-order valence-corrected chi connectivity index (χ4v) is 2.47. The van der Waals surface area contributed by atoms with Crippen LogP contribution in [0.1, 0.15) is 11.9 Å². The van der Waals surface area contributed by atoms with E-state index in [-0.39, 0.29) is 17.0 Å². The Morgan fingerprint density at radius 2 is 2.00 bits per heavy atom. The standard InChI is InChI=1S/C13H10F3N5O2S/c1-7-9(10(22)21(19-7)8-5-3-2-4-6-8)20-23-12-18-17-11(24-12)13(14,15)16/h2-7,19H,1H3. The Hall–Kier alpha value is -2.53. The number of aromatic nitrogens is 2. The van der Waals surface area contributed by atoms with Crippen LogP contribution in [-0.2, 0) is 11.0 Å². The van der Waals surface area contributed by atoms with E-state index in [0.717, 1.165) is 0 Å². The summed E-state index contributed by atoms with van der Waals surface area (Å²) < 4.78 is 37.4. The van der Waals surface area contributed by atoms with E-state index >= 15 is 0 Å². The van der Waals surface area contributed by atoms with Crippen molar-refractivity contribution in [3.63, 3.8) is 0 Å². The number of carbonyl (C=O) groups excluding carboxylic acids is 1. The van der Waals surface area contributed by atoms with Crippen LogP contribution in [0.5, 0.6) is 5.19 Å². The van der Waals surface area contributed by atoms with Gasteiger partial charge in [0.1, 0.15) is 0 Å². The van der Waals surface area contributed by atoms with Crippen LogP contribution in [0.25, 0.3) is 0 Å². The van der Waals surface area contributed by atoms with Gasteiger partial charge in [-0.15, -0.1) is 5.10 Å². The van der Waals surface area contributed by atoms with Crippen molar-refractivity contribution in [3.8, 4) is 5.19 Å². The topological polar surface area (TPSA) is 79.7 Å². The van der Waals surface area contributed by atoms with Crippen molar-refractivity contribution in [3.05, 3.63) is 35.3 Å². The van der Waals surface area contributed by atoms with Gasteiger partial charge in [-0.3, -0.25) is 4.79 Å². The van der Waals surface area contributed by atoms with Gasteiger partial charge in [0.2, 0.25) is 5.01 Å². The third-order valence-electron chi connectivity index (χ3n) is 3.04. The fourth-order valence-electron chi connectivity index (χ4n) is 1.95. The van der Waals surface area contributed by atoms with E-state index in [1.165, 1.54) is 5.01 Å². The predicted molar refractivity (Wildman–Crippen MR) is 79.5 cm³/mol. The Balaban J connectivity index is 1.76. The molecule has 7 nitrogen and oxygen atoms in total. The van der Waals surface area contributed by atoms with Gasteiger partial charge in [0.15, 0.2) is 5.71 Å². The summed E-state index contributed by atoms with van der Waals surface area (Å²) in [6.45, 7) is 1.67. The predicted octanol–water partition coefficient (Wildman–Crippen LogP) is 2.23. The highest BCUT2D eigenvalue weighted by molar-refractivity contribution is 7.13. The summed E-state index contributed by atoms with van der Waals surface area (Å²) >= 11 is 0.201. The number of halogens is 3. The molecule has 1 saturated heterocycles. The molecule has 1 aromatic heterocycles. The van der Waals surface area contributed by atoms with Crippen molar-refractivity contribution in [2.24, 2.45) is 5.16 Å². The molecule has 126 valence electrons. The second kappa shape index (κ2) is 6.17. The number of hydrogen-bond donors (Lipinski definition) is 1. The fraction of sp³-hybridized carbons (Fsp3) is 0.231. The molecule has 2 heterocycles. The van der Waals surface area contributed by atoms with Crippen LogP contribution < -0.4 is 15.3 Å². The van der Waals surface area contributed by atoms with E-state index < -0.39 is 28.3 Å². The number of benzene rings is 1. The molecule has 1 fully saturated rings. The minimum atomic E-state index is -4.60. The maximum Gasteiger partial charge on any atom is 0.445 e. The first-order valence-electron chi connectivity index (χ1n) is 6.67. The van der Waals surface area contributed by atoms with Gasteiger partial charge in [-0.1, -0.05) is 28.5 Å². The van der Waals surface area contributed by atoms with E-state index in [4.69, 9.17) is 4.84 Å². The molecule has 1 amide bonds. The van der Waals surface area contributed by atoms with Gasteiger partial charge in [-0.05, 0) is 30.4 Å². The Morgan fingerprint density at radius 1 is 1.29 bits per heavy atom. The summed E-state index contributed by atoms with van der Waals surface area (Å²) in [6.07, 6.45) is -4.60. The van der Waals surface area contributed by atoms with Gasteiger partial charge in [-0.25, -0.2) is 10.4 Å². The lowest BCUT2D eigenvalue weighted by atomic mass is 10.2. The molecule has 0 aliphatic carbocycles. The third kappa shape index (κ3) is 3.21. The van der Waals surface area contributed by atoms with Crippen molar-refractivity contribution in [2.45, 2.75) is 19.1 Å². The SMILES string of the molecule is CC1NN(c2ccccc2)C(=O)C1=NOc1nnc(C(F)(F)F)s1. The number of amides is 1. The summed E-state index contributed by atoms with van der Waals surface area (Å²) in [4.78, 5) is 17.2. The number of nitrogens with zero attached hydrogens (tertiary/aromatic N) is 4. The van der Waals surface area contributed by atoms with E-state index in [0.29, 0.717) is 5.69 Å². The molecule has 2 aromatic rings. The van der Waals surface area contributed by atoms with Crippen molar-refractivity contribution in [1.82, 2.24) is 15.6 Å². The number of hydrogen-bond acceptors (Lipinski definition) is 7. The van der Waals surface area contributed by atoms with Crippen LogP contribution in [0.2, 0.25) is 0 Å². The summed E-state index contributed by atoms with van der Waals surface area (Å²) in [6, 6.07) is 8.30.